The number of unbranched alkanes of at least 4 members (excludes halogenated alkanes) is 2. The number of carbonyl (C=O) groups is 1. The highest BCUT2D eigenvalue weighted by Crippen LogP contribution is 2.39. The van der Waals surface area contributed by atoms with Crippen molar-refractivity contribution in [2.45, 2.75) is 25.2 Å². The minimum absolute atomic E-state index is 0.141. The second kappa shape index (κ2) is 11.6. The van der Waals surface area contributed by atoms with Gasteiger partial charge in [0.2, 0.25) is 0 Å². The SMILES string of the molecule is O=C(NC(=S)C1CNc2cccc(OCCCCCOc3ccc(F)cc3)c21)c1ccccc1. The molecule has 2 N–H and O–H groups in total. The van der Waals surface area contributed by atoms with Gasteiger partial charge in [0.1, 0.15) is 17.3 Å². The number of rotatable bonds is 10. The predicted octanol–water partition coefficient (Wildman–Crippen LogP) is 5.72. The first-order valence-electron chi connectivity index (χ1n) is 11.4. The van der Waals surface area contributed by atoms with E-state index in [1.165, 1.54) is 12.1 Å². The zero-order chi connectivity index (χ0) is 23.8. The molecule has 1 heterocycles. The van der Waals surface area contributed by atoms with Crippen LogP contribution in [0.3, 0.4) is 0 Å². The average Bonchev–Trinajstić information content (AvgIpc) is 3.30. The molecule has 0 fully saturated rings. The summed E-state index contributed by atoms with van der Waals surface area (Å²) in [6.07, 6.45) is 2.71. The van der Waals surface area contributed by atoms with Gasteiger partial charge in [0.05, 0.1) is 24.1 Å². The van der Waals surface area contributed by atoms with Gasteiger partial charge in [-0.2, -0.15) is 0 Å². The molecule has 0 saturated heterocycles. The fraction of sp³-hybridized carbons (Fsp3) is 0.259. The molecule has 0 bridgehead atoms. The highest BCUT2D eigenvalue weighted by molar-refractivity contribution is 7.80. The third-order valence-electron chi connectivity index (χ3n) is 5.63. The van der Waals surface area contributed by atoms with Crippen molar-refractivity contribution in [3.63, 3.8) is 0 Å². The number of carbonyl (C=O) groups excluding carboxylic acids is 1. The Morgan fingerprint density at radius 1 is 0.941 bits per heavy atom. The second-order valence-corrected chi connectivity index (χ2v) is 8.49. The molecule has 7 heteroatoms. The number of ether oxygens (including phenoxy) is 2. The summed E-state index contributed by atoms with van der Waals surface area (Å²) in [6.45, 7) is 1.76. The Balaban J connectivity index is 1.25. The minimum atomic E-state index is -0.270. The van der Waals surface area contributed by atoms with Gasteiger partial charge >= 0.3 is 0 Å². The van der Waals surface area contributed by atoms with Gasteiger partial charge in [-0.3, -0.25) is 4.79 Å². The van der Waals surface area contributed by atoms with Crippen LogP contribution in [0.2, 0.25) is 0 Å². The fourth-order valence-electron chi connectivity index (χ4n) is 3.87. The van der Waals surface area contributed by atoms with Crippen molar-refractivity contribution in [2.75, 3.05) is 25.1 Å². The van der Waals surface area contributed by atoms with E-state index in [9.17, 15) is 9.18 Å². The molecule has 1 amide bonds. The first-order chi connectivity index (χ1) is 16.6. The number of anilines is 1. The molecule has 5 nitrogen and oxygen atoms in total. The molecule has 0 aromatic heterocycles. The number of hydrogen-bond acceptors (Lipinski definition) is 5. The Morgan fingerprint density at radius 2 is 1.68 bits per heavy atom. The summed E-state index contributed by atoms with van der Waals surface area (Å²) in [6, 6.07) is 21.0. The maximum atomic E-state index is 12.9. The number of fused-ring (bicyclic) bond motifs is 1. The van der Waals surface area contributed by atoms with E-state index in [0.29, 0.717) is 36.1 Å². The molecule has 0 radical (unpaired) electrons. The van der Waals surface area contributed by atoms with E-state index in [-0.39, 0.29) is 17.6 Å². The standard InChI is InChI=1S/C27H27FN2O3S/c28-20-12-14-21(15-13-20)32-16-5-2-6-17-33-24-11-7-10-23-25(24)22(18-29-23)27(34)30-26(31)19-8-3-1-4-9-19/h1,3-4,7-15,22,29H,2,5-6,16-18H2,(H,30,31,34). The predicted molar refractivity (Wildman–Crippen MR) is 135 cm³/mol. The molecule has 1 unspecified atom stereocenters. The lowest BCUT2D eigenvalue weighted by Gasteiger charge is -2.17. The highest BCUT2D eigenvalue weighted by atomic mass is 32.1. The van der Waals surface area contributed by atoms with Crippen LogP contribution in [-0.2, 0) is 0 Å². The number of amides is 1. The number of nitrogens with one attached hydrogen (secondary N) is 2. The number of thiocarbonyl (C=S) groups is 1. The zero-order valence-electron chi connectivity index (χ0n) is 18.8. The van der Waals surface area contributed by atoms with Gasteiger partial charge in [0.25, 0.3) is 5.91 Å². The van der Waals surface area contributed by atoms with Crippen molar-refractivity contribution in [3.8, 4) is 11.5 Å². The third kappa shape index (κ3) is 6.11. The Kier molecular flexibility index (Phi) is 8.09. The monoisotopic (exact) mass is 478 g/mol. The Labute approximate surface area is 204 Å². The maximum Gasteiger partial charge on any atom is 0.256 e. The van der Waals surface area contributed by atoms with Gasteiger partial charge in [0.15, 0.2) is 0 Å². The third-order valence-corrected chi connectivity index (χ3v) is 6.02. The van der Waals surface area contributed by atoms with Crippen molar-refractivity contribution < 1.29 is 18.7 Å². The van der Waals surface area contributed by atoms with Crippen LogP contribution in [-0.4, -0.2) is 30.7 Å². The summed E-state index contributed by atoms with van der Waals surface area (Å²) in [7, 11) is 0. The lowest BCUT2D eigenvalue weighted by Crippen LogP contribution is -2.34. The first kappa shape index (κ1) is 23.7. The van der Waals surface area contributed by atoms with Gasteiger partial charge in [0, 0.05) is 23.4 Å². The van der Waals surface area contributed by atoms with E-state index in [1.807, 2.05) is 36.4 Å². The van der Waals surface area contributed by atoms with Gasteiger partial charge in [-0.05, 0) is 67.8 Å². The normalized spacial score (nSPS) is 14.1. The second-order valence-electron chi connectivity index (χ2n) is 8.05. The first-order valence-corrected chi connectivity index (χ1v) is 11.8. The van der Waals surface area contributed by atoms with E-state index in [4.69, 9.17) is 21.7 Å². The van der Waals surface area contributed by atoms with E-state index in [2.05, 4.69) is 10.6 Å². The van der Waals surface area contributed by atoms with Crippen LogP contribution in [0.1, 0.15) is 41.1 Å². The smallest absolute Gasteiger partial charge is 0.256 e. The molecule has 1 aliphatic rings. The Hall–Kier alpha value is -3.45. The van der Waals surface area contributed by atoms with Crippen LogP contribution in [0.5, 0.6) is 11.5 Å². The van der Waals surface area contributed by atoms with Crippen molar-refractivity contribution in [2.24, 2.45) is 0 Å². The molecule has 0 spiro atoms. The topological polar surface area (TPSA) is 59.6 Å². The van der Waals surface area contributed by atoms with Crippen molar-refractivity contribution in [1.29, 1.82) is 0 Å². The van der Waals surface area contributed by atoms with Crippen LogP contribution < -0.4 is 20.1 Å². The molecule has 1 aliphatic heterocycles. The van der Waals surface area contributed by atoms with Crippen LogP contribution in [0.4, 0.5) is 10.1 Å². The molecule has 3 aromatic rings. The summed E-state index contributed by atoms with van der Waals surface area (Å²) in [5.74, 6) is 0.838. The largest absolute Gasteiger partial charge is 0.494 e. The van der Waals surface area contributed by atoms with Crippen molar-refractivity contribution in [1.82, 2.24) is 5.32 Å². The van der Waals surface area contributed by atoms with Crippen LogP contribution >= 0.6 is 12.2 Å². The molecule has 0 saturated carbocycles. The van der Waals surface area contributed by atoms with Gasteiger partial charge in [-0.25, -0.2) is 4.39 Å². The quantitative estimate of drug-likeness (QED) is 0.288. The molecular weight excluding hydrogens is 451 g/mol. The fourth-order valence-corrected chi connectivity index (χ4v) is 4.16. The number of halogens is 1. The van der Waals surface area contributed by atoms with Gasteiger partial charge < -0.3 is 20.1 Å². The van der Waals surface area contributed by atoms with E-state index < -0.39 is 0 Å². The molecule has 4 rings (SSSR count). The highest BCUT2D eigenvalue weighted by Gasteiger charge is 2.30. The molecule has 0 aliphatic carbocycles. The molecule has 34 heavy (non-hydrogen) atoms. The van der Waals surface area contributed by atoms with Crippen LogP contribution in [0.25, 0.3) is 0 Å². The zero-order valence-corrected chi connectivity index (χ0v) is 19.6. The average molecular weight is 479 g/mol. The Morgan fingerprint density at radius 3 is 2.44 bits per heavy atom. The van der Waals surface area contributed by atoms with Crippen LogP contribution in [0.15, 0.2) is 72.8 Å². The van der Waals surface area contributed by atoms with E-state index in [0.717, 1.165) is 36.3 Å². The summed E-state index contributed by atoms with van der Waals surface area (Å²) < 4.78 is 24.7. The van der Waals surface area contributed by atoms with Crippen LogP contribution in [0, 0.1) is 5.82 Å². The van der Waals surface area contributed by atoms with Crippen molar-refractivity contribution >= 4 is 28.8 Å². The van der Waals surface area contributed by atoms with E-state index >= 15 is 0 Å². The summed E-state index contributed by atoms with van der Waals surface area (Å²) in [4.78, 5) is 13.0. The van der Waals surface area contributed by atoms with Gasteiger partial charge in [-0.15, -0.1) is 0 Å². The van der Waals surface area contributed by atoms with Crippen molar-refractivity contribution in [3.05, 3.63) is 89.7 Å². The molecule has 176 valence electrons. The maximum absolute atomic E-state index is 12.9. The summed E-state index contributed by atoms with van der Waals surface area (Å²) >= 11 is 5.59. The van der Waals surface area contributed by atoms with Gasteiger partial charge in [-0.1, -0.05) is 36.5 Å². The minimum Gasteiger partial charge on any atom is -0.494 e. The summed E-state index contributed by atoms with van der Waals surface area (Å²) in [5, 5.41) is 6.24. The molecular formula is C27H27FN2O3S. The van der Waals surface area contributed by atoms with E-state index in [1.54, 1.807) is 24.3 Å². The Bertz CT molecular complexity index is 1120. The summed E-state index contributed by atoms with van der Waals surface area (Å²) in [5.41, 5.74) is 2.54. The number of hydrogen-bond donors (Lipinski definition) is 2. The lowest BCUT2D eigenvalue weighted by molar-refractivity contribution is 0.0977. The molecule has 3 aromatic carbocycles. The molecule has 1 atom stereocenters. The lowest BCUT2D eigenvalue weighted by atomic mass is 9.99. The number of benzene rings is 3.